The van der Waals surface area contributed by atoms with E-state index in [1.807, 2.05) is 48.5 Å². The molecule has 116 valence electrons. The predicted molar refractivity (Wildman–Crippen MR) is 94.0 cm³/mol. The number of amides is 1. The quantitative estimate of drug-likeness (QED) is 0.679. The highest BCUT2D eigenvalue weighted by Crippen LogP contribution is 2.32. The Bertz CT molecular complexity index is 728. The number of imidazole rings is 1. The van der Waals surface area contributed by atoms with Crippen molar-refractivity contribution in [3.8, 4) is 22.5 Å². The van der Waals surface area contributed by atoms with Gasteiger partial charge in [-0.05, 0) is 0 Å². The molecule has 0 unspecified atom stereocenters. The molecule has 0 spiro atoms. The summed E-state index contributed by atoms with van der Waals surface area (Å²) < 4.78 is 0. The topological polar surface area (TPSA) is 71.8 Å². The fourth-order valence-electron chi connectivity index (χ4n) is 2.29. The number of hydrogen-bond donors (Lipinski definition) is 2. The second-order valence-corrected chi connectivity index (χ2v) is 6.15. The smallest absolute Gasteiger partial charge is 0.218 e. The van der Waals surface area contributed by atoms with Crippen LogP contribution in [0.1, 0.15) is 6.42 Å². The highest BCUT2D eigenvalue weighted by Gasteiger charge is 2.14. The number of rotatable bonds is 6. The van der Waals surface area contributed by atoms with E-state index >= 15 is 0 Å². The van der Waals surface area contributed by atoms with Gasteiger partial charge < -0.3 is 10.7 Å². The van der Waals surface area contributed by atoms with Crippen LogP contribution in [0.15, 0.2) is 65.8 Å². The third kappa shape index (κ3) is 3.81. The Morgan fingerprint density at radius 3 is 2.22 bits per heavy atom. The SMILES string of the molecule is NC(=O)CCSc1nc(-c2ccccc2)c(-c2ccccc2)[nH]1. The van der Waals surface area contributed by atoms with Crippen molar-refractivity contribution in [2.45, 2.75) is 11.6 Å². The number of thioether (sulfide) groups is 1. The summed E-state index contributed by atoms with van der Waals surface area (Å²) in [4.78, 5) is 19.0. The number of nitrogens with two attached hydrogens (primary N) is 1. The average molecular weight is 323 g/mol. The van der Waals surface area contributed by atoms with Gasteiger partial charge in [-0.25, -0.2) is 4.98 Å². The Morgan fingerprint density at radius 2 is 1.61 bits per heavy atom. The lowest BCUT2D eigenvalue weighted by molar-refractivity contribution is -0.117. The van der Waals surface area contributed by atoms with E-state index in [-0.39, 0.29) is 5.91 Å². The van der Waals surface area contributed by atoms with Gasteiger partial charge in [-0.1, -0.05) is 72.4 Å². The first-order valence-corrected chi connectivity index (χ1v) is 8.34. The maximum atomic E-state index is 10.9. The largest absolute Gasteiger partial charge is 0.370 e. The van der Waals surface area contributed by atoms with Crippen LogP contribution in [0.5, 0.6) is 0 Å². The second kappa shape index (κ2) is 7.15. The van der Waals surface area contributed by atoms with Crippen molar-refractivity contribution < 1.29 is 4.79 Å². The van der Waals surface area contributed by atoms with E-state index in [1.165, 1.54) is 11.8 Å². The second-order valence-electron chi connectivity index (χ2n) is 5.06. The first-order chi connectivity index (χ1) is 11.2. The average Bonchev–Trinajstić information content (AvgIpc) is 3.00. The van der Waals surface area contributed by atoms with Gasteiger partial charge >= 0.3 is 0 Å². The number of aromatic amines is 1. The van der Waals surface area contributed by atoms with E-state index in [4.69, 9.17) is 10.7 Å². The Balaban J connectivity index is 1.96. The van der Waals surface area contributed by atoms with E-state index in [2.05, 4.69) is 17.1 Å². The van der Waals surface area contributed by atoms with E-state index < -0.39 is 0 Å². The minimum Gasteiger partial charge on any atom is -0.370 e. The number of carbonyl (C=O) groups excluding carboxylic acids is 1. The van der Waals surface area contributed by atoms with Crippen LogP contribution in [-0.4, -0.2) is 21.6 Å². The van der Waals surface area contributed by atoms with Crippen LogP contribution in [0.25, 0.3) is 22.5 Å². The summed E-state index contributed by atoms with van der Waals surface area (Å²) in [7, 11) is 0. The fourth-order valence-corrected chi connectivity index (χ4v) is 3.11. The molecule has 0 aliphatic rings. The number of carbonyl (C=O) groups is 1. The van der Waals surface area contributed by atoms with E-state index in [0.29, 0.717) is 12.2 Å². The molecule has 3 rings (SSSR count). The number of nitrogens with one attached hydrogen (secondary N) is 1. The van der Waals surface area contributed by atoms with Gasteiger partial charge in [0.1, 0.15) is 0 Å². The Labute approximate surface area is 139 Å². The molecule has 0 saturated carbocycles. The van der Waals surface area contributed by atoms with Gasteiger partial charge in [0, 0.05) is 23.3 Å². The number of nitrogens with zero attached hydrogens (tertiary/aromatic N) is 1. The number of H-pyrrole nitrogens is 1. The molecular formula is C18H17N3OS. The minimum atomic E-state index is -0.296. The lowest BCUT2D eigenvalue weighted by Crippen LogP contribution is -2.10. The normalized spacial score (nSPS) is 10.6. The number of aromatic nitrogens is 2. The zero-order valence-electron chi connectivity index (χ0n) is 12.5. The minimum absolute atomic E-state index is 0.296. The number of primary amides is 1. The summed E-state index contributed by atoms with van der Waals surface area (Å²) >= 11 is 1.51. The van der Waals surface area contributed by atoms with Crippen molar-refractivity contribution in [3.63, 3.8) is 0 Å². The molecule has 0 bridgehead atoms. The van der Waals surface area contributed by atoms with Crippen molar-refractivity contribution in [1.82, 2.24) is 9.97 Å². The predicted octanol–water partition coefficient (Wildman–Crippen LogP) is 3.71. The third-order valence-electron chi connectivity index (χ3n) is 3.38. The maximum Gasteiger partial charge on any atom is 0.218 e. The summed E-state index contributed by atoms with van der Waals surface area (Å²) in [5.74, 6) is 0.321. The first kappa shape index (κ1) is 15.4. The van der Waals surface area contributed by atoms with Gasteiger partial charge in [0.25, 0.3) is 0 Å². The molecule has 4 nitrogen and oxygen atoms in total. The van der Waals surface area contributed by atoms with Crippen LogP contribution in [0.4, 0.5) is 0 Å². The Kier molecular flexibility index (Phi) is 4.78. The molecule has 1 aromatic heterocycles. The van der Waals surface area contributed by atoms with Crippen molar-refractivity contribution in [2.24, 2.45) is 5.73 Å². The zero-order valence-corrected chi connectivity index (χ0v) is 13.3. The molecule has 23 heavy (non-hydrogen) atoms. The third-order valence-corrected chi connectivity index (χ3v) is 4.25. The van der Waals surface area contributed by atoms with Crippen molar-refractivity contribution in [3.05, 3.63) is 60.7 Å². The molecular weight excluding hydrogens is 306 g/mol. The number of hydrogen-bond acceptors (Lipinski definition) is 3. The molecule has 5 heteroatoms. The molecule has 0 atom stereocenters. The molecule has 3 aromatic rings. The fraction of sp³-hybridized carbons (Fsp3) is 0.111. The summed E-state index contributed by atoms with van der Waals surface area (Å²) in [5, 5.41) is 0.795. The van der Waals surface area contributed by atoms with Gasteiger partial charge in [-0.15, -0.1) is 0 Å². The van der Waals surface area contributed by atoms with Gasteiger partial charge in [-0.3, -0.25) is 4.79 Å². The molecule has 0 aliphatic heterocycles. The molecule has 2 aromatic carbocycles. The first-order valence-electron chi connectivity index (χ1n) is 7.36. The van der Waals surface area contributed by atoms with Gasteiger partial charge in [0.05, 0.1) is 11.4 Å². The molecule has 1 heterocycles. The van der Waals surface area contributed by atoms with Crippen molar-refractivity contribution in [1.29, 1.82) is 0 Å². The summed E-state index contributed by atoms with van der Waals surface area (Å²) in [6, 6.07) is 20.2. The van der Waals surface area contributed by atoms with Crippen LogP contribution >= 0.6 is 11.8 Å². The Morgan fingerprint density at radius 1 is 1.00 bits per heavy atom. The highest BCUT2D eigenvalue weighted by molar-refractivity contribution is 7.99. The summed E-state index contributed by atoms with van der Waals surface area (Å²) in [6.45, 7) is 0. The van der Waals surface area contributed by atoms with Crippen molar-refractivity contribution >= 4 is 17.7 Å². The van der Waals surface area contributed by atoms with Gasteiger partial charge in [0.15, 0.2) is 5.16 Å². The Hall–Kier alpha value is -2.53. The molecule has 3 N–H and O–H groups in total. The molecule has 0 saturated heterocycles. The molecule has 0 fully saturated rings. The van der Waals surface area contributed by atoms with E-state index in [1.54, 1.807) is 0 Å². The monoisotopic (exact) mass is 323 g/mol. The molecule has 1 amide bonds. The standard InChI is InChI=1S/C18H17N3OS/c19-15(22)11-12-23-18-20-16(13-7-3-1-4-8-13)17(21-18)14-9-5-2-6-10-14/h1-10H,11-12H2,(H2,19,22)(H,20,21). The van der Waals surface area contributed by atoms with Crippen LogP contribution in [0.2, 0.25) is 0 Å². The maximum absolute atomic E-state index is 10.9. The molecule has 0 aliphatic carbocycles. The summed E-state index contributed by atoms with van der Waals surface area (Å²) in [6.07, 6.45) is 0.340. The van der Waals surface area contributed by atoms with Crippen LogP contribution in [0.3, 0.4) is 0 Å². The highest BCUT2D eigenvalue weighted by atomic mass is 32.2. The van der Waals surface area contributed by atoms with Crippen LogP contribution < -0.4 is 5.73 Å². The molecule has 0 radical (unpaired) electrons. The summed E-state index contributed by atoms with van der Waals surface area (Å²) in [5.41, 5.74) is 9.23. The zero-order chi connectivity index (χ0) is 16.1. The van der Waals surface area contributed by atoms with Gasteiger partial charge in [-0.2, -0.15) is 0 Å². The van der Waals surface area contributed by atoms with E-state index in [0.717, 1.165) is 27.7 Å². The number of benzene rings is 2. The van der Waals surface area contributed by atoms with E-state index in [9.17, 15) is 4.79 Å². The van der Waals surface area contributed by atoms with Crippen molar-refractivity contribution in [2.75, 3.05) is 5.75 Å². The van der Waals surface area contributed by atoms with Crippen LogP contribution in [0, 0.1) is 0 Å². The van der Waals surface area contributed by atoms with Gasteiger partial charge in [0.2, 0.25) is 5.91 Å². The lowest BCUT2D eigenvalue weighted by Gasteiger charge is -2.02. The van der Waals surface area contributed by atoms with Crippen LogP contribution in [-0.2, 0) is 4.79 Å². The lowest BCUT2D eigenvalue weighted by atomic mass is 10.1.